The molecule has 0 bridgehead atoms. The maximum atomic E-state index is 12.9. The fourth-order valence-corrected chi connectivity index (χ4v) is 4.46. The maximum absolute atomic E-state index is 12.9. The Morgan fingerprint density at radius 1 is 1.04 bits per heavy atom. The van der Waals surface area contributed by atoms with Gasteiger partial charge in [-0.15, -0.1) is 17.9 Å². The van der Waals surface area contributed by atoms with Crippen molar-refractivity contribution in [3.63, 3.8) is 0 Å². The van der Waals surface area contributed by atoms with E-state index in [1.54, 1.807) is 6.08 Å². The van der Waals surface area contributed by atoms with Crippen molar-refractivity contribution in [1.82, 2.24) is 4.90 Å². The first-order valence-corrected chi connectivity index (χ1v) is 10.4. The summed E-state index contributed by atoms with van der Waals surface area (Å²) >= 11 is 1.45. The largest absolute Gasteiger partial charge is 0.372 e. The number of rotatable bonds is 6. The van der Waals surface area contributed by atoms with Crippen LogP contribution in [-0.2, 0) is 9.59 Å². The van der Waals surface area contributed by atoms with E-state index in [0.717, 1.165) is 23.7 Å². The van der Waals surface area contributed by atoms with Crippen molar-refractivity contribution in [2.75, 3.05) is 29.9 Å². The minimum atomic E-state index is -0.312. The van der Waals surface area contributed by atoms with Gasteiger partial charge in [0.05, 0.1) is 5.57 Å². The third kappa shape index (κ3) is 3.47. The van der Waals surface area contributed by atoms with Gasteiger partial charge >= 0.3 is 0 Å². The average molecular weight is 394 g/mol. The topological polar surface area (TPSA) is 52.7 Å². The van der Waals surface area contributed by atoms with Crippen LogP contribution in [0.2, 0.25) is 0 Å². The monoisotopic (exact) mass is 393 g/mol. The molecule has 1 N–H and O–H groups in total. The maximum Gasteiger partial charge on any atom is 0.278 e. The van der Waals surface area contributed by atoms with E-state index >= 15 is 0 Å². The van der Waals surface area contributed by atoms with Gasteiger partial charge < -0.3 is 10.2 Å². The van der Waals surface area contributed by atoms with Gasteiger partial charge in [-0.25, -0.2) is 0 Å². The first-order valence-electron chi connectivity index (χ1n) is 9.56. The van der Waals surface area contributed by atoms with Crippen LogP contribution in [0.25, 0.3) is 5.57 Å². The Morgan fingerprint density at radius 2 is 1.79 bits per heavy atom. The molecule has 1 saturated heterocycles. The van der Waals surface area contributed by atoms with Gasteiger partial charge in [-0.1, -0.05) is 12.1 Å². The number of hydrogen-bond acceptors (Lipinski definition) is 5. The Balaban J connectivity index is 1.61. The van der Waals surface area contributed by atoms with E-state index in [4.69, 9.17) is 0 Å². The molecule has 5 nitrogen and oxygen atoms in total. The van der Waals surface area contributed by atoms with E-state index in [1.165, 1.54) is 41.2 Å². The third-order valence-corrected chi connectivity index (χ3v) is 5.99. The van der Waals surface area contributed by atoms with Crippen LogP contribution in [-0.4, -0.2) is 36.3 Å². The van der Waals surface area contributed by atoms with Crippen molar-refractivity contribution >= 4 is 40.1 Å². The second-order valence-electron chi connectivity index (χ2n) is 6.96. The molecule has 4 rings (SSSR count). The number of hydrogen-bond donors (Lipinski definition) is 1. The first kappa shape index (κ1) is 18.5. The molecule has 144 valence electrons. The zero-order chi connectivity index (χ0) is 19.5. The van der Waals surface area contributed by atoms with Crippen LogP contribution in [0.4, 0.5) is 11.4 Å². The molecular weight excluding hydrogens is 370 g/mol. The lowest BCUT2D eigenvalue weighted by molar-refractivity contribution is -0.136. The molecule has 0 radical (unpaired) electrons. The Morgan fingerprint density at radius 3 is 2.43 bits per heavy atom. The highest BCUT2D eigenvalue weighted by Gasteiger charge is 2.38. The Hall–Kier alpha value is -2.86. The molecule has 6 heteroatoms. The summed E-state index contributed by atoms with van der Waals surface area (Å²) in [6.07, 6.45) is 5.32. The molecule has 2 aliphatic heterocycles. The van der Waals surface area contributed by atoms with Crippen LogP contribution in [0.1, 0.15) is 24.1 Å². The standard InChI is InChI=1S/C22H23N3O2S/c1-2-12-25-21(26)19(18-7-6-15-28-18)20(22(25)27)23-16-8-10-17(11-9-16)24-13-4-3-5-14-24/h2,6-11,15,23H,1,3-5,12-14H2. The minimum absolute atomic E-state index is 0.200. The molecule has 1 aromatic heterocycles. The van der Waals surface area contributed by atoms with Crippen LogP contribution < -0.4 is 10.2 Å². The highest BCUT2D eigenvalue weighted by atomic mass is 32.1. The highest BCUT2D eigenvalue weighted by Crippen LogP contribution is 2.33. The van der Waals surface area contributed by atoms with Crippen LogP contribution in [0, 0.1) is 0 Å². The van der Waals surface area contributed by atoms with Gasteiger partial charge in [-0.2, -0.15) is 0 Å². The lowest BCUT2D eigenvalue weighted by Gasteiger charge is -2.28. The molecule has 0 unspecified atom stereocenters. The summed E-state index contributed by atoms with van der Waals surface area (Å²) in [6.45, 7) is 6.03. The van der Waals surface area contributed by atoms with E-state index in [-0.39, 0.29) is 18.4 Å². The van der Waals surface area contributed by atoms with E-state index in [9.17, 15) is 9.59 Å². The quantitative estimate of drug-likeness (QED) is 0.593. The number of nitrogens with one attached hydrogen (secondary N) is 1. The highest BCUT2D eigenvalue weighted by molar-refractivity contribution is 7.11. The van der Waals surface area contributed by atoms with Crippen LogP contribution in [0.3, 0.4) is 0 Å². The Labute approximate surface area is 169 Å². The second kappa shape index (κ2) is 8.02. The number of anilines is 2. The van der Waals surface area contributed by atoms with Crippen molar-refractivity contribution in [2.45, 2.75) is 19.3 Å². The van der Waals surface area contributed by atoms with Crippen LogP contribution in [0.5, 0.6) is 0 Å². The number of amides is 2. The van der Waals surface area contributed by atoms with Crippen LogP contribution in [0.15, 0.2) is 60.1 Å². The molecule has 0 atom stereocenters. The fraction of sp³-hybridized carbons (Fsp3) is 0.273. The van der Waals surface area contributed by atoms with Crippen molar-refractivity contribution in [3.8, 4) is 0 Å². The van der Waals surface area contributed by atoms with Gasteiger partial charge in [0.2, 0.25) is 0 Å². The minimum Gasteiger partial charge on any atom is -0.372 e. The normalized spacial score (nSPS) is 17.4. The van der Waals surface area contributed by atoms with Crippen molar-refractivity contribution in [3.05, 3.63) is 65.0 Å². The smallest absolute Gasteiger partial charge is 0.278 e. The molecule has 2 amide bonds. The lowest BCUT2D eigenvalue weighted by Crippen LogP contribution is -2.32. The lowest BCUT2D eigenvalue weighted by atomic mass is 10.1. The zero-order valence-electron chi connectivity index (χ0n) is 15.7. The third-order valence-electron chi connectivity index (χ3n) is 5.11. The molecule has 1 fully saturated rings. The fourth-order valence-electron chi connectivity index (χ4n) is 3.69. The van der Waals surface area contributed by atoms with Gasteiger partial charge in [0.25, 0.3) is 11.8 Å². The number of benzene rings is 1. The molecular formula is C22H23N3O2S. The second-order valence-corrected chi connectivity index (χ2v) is 7.90. The summed E-state index contributed by atoms with van der Waals surface area (Å²) in [4.78, 5) is 30.1. The molecule has 2 aromatic rings. The number of carbonyl (C=O) groups is 2. The van der Waals surface area contributed by atoms with E-state index in [0.29, 0.717) is 11.3 Å². The number of piperidine rings is 1. The molecule has 0 aliphatic carbocycles. The predicted molar refractivity (Wildman–Crippen MR) is 114 cm³/mol. The van der Waals surface area contributed by atoms with Crippen LogP contribution >= 0.6 is 11.3 Å². The average Bonchev–Trinajstić information content (AvgIpc) is 3.33. The van der Waals surface area contributed by atoms with E-state index in [1.807, 2.05) is 29.6 Å². The van der Waals surface area contributed by atoms with Gasteiger partial charge in [0, 0.05) is 35.9 Å². The summed E-state index contributed by atoms with van der Waals surface area (Å²) in [5.74, 6) is -0.590. The van der Waals surface area contributed by atoms with Gasteiger partial charge in [0.1, 0.15) is 5.70 Å². The first-order chi connectivity index (χ1) is 13.7. The summed E-state index contributed by atoms with van der Waals surface area (Å²) < 4.78 is 0. The summed E-state index contributed by atoms with van der Waals surface area (Å²) in [5.41, 5.74) is 2.76. The molecule has 0 spiro atoms. The molecule has 0 saturated carbocycles. The van der Waals surface area contributed by atoms with Crippen molar-refractivity contribution in [2.24, 2.45) is 0 Å². The van der Waals surface area contributed by atoms with Crippen molar-refractivity contribution < 1.29 is 9.59 Å². The number of carbonyl (C=O) groups excluding carboxylic acids is 2. The molecule has 28 heavy (non-hydrogen) atoms. The Bertz CT molecular complexity index is 910. The van der Waals surface area contributed by atoms with E-state index in [2.05, 4.69) is 28.9 Å². The van der Waals surface area contributed by atoms with E-state index < -0.39 is 0 Å². The predicted octanol–water partition coefficient (Wildman–Crippen LogP) is 4.12. The number of imide groups is 1. The van der Waals surface area contributed by atoms with Gasteiger partial charge in [-0.3, -0.25) is 14.5 Å². The summed E-state index contributed by atoms with van der Waals surface area (Å²) in [6, 6.07) is 11.8. The van der Waals surface area contributed by atoms with Crippen molar-refractivity contribution in [1.29, 1.82) is 0 Å². The SMILES string of the molecule is C=CCN1C(=O)C(Nc2ccc(N3CCCCC3)cc2)=C(c2cccs2)C1=O. The summed E-state index contributed by atoms with van der Waals surface area (Å²) in [7, 11) is 0. The molecule has 1 aromatic carbocycles. The molecule has 3 heterocycles. The Kier molecular flexibility index (Phi) is 5.30. The zero-order valence-corrected chi connectivity index (χ0v) is 16.5. The number of nitrogens with zero attached hydrogens (tertiary/aromatic N) is 2. The van der Waals surface area contributed by atoms with Gasteiger partial charge in [-0.05, 0) is 55.0 Å². The summed E-state index contributed by atoms with van der Waals surface area (Å²) in [5, 5.41) is 5.10. The van der Waals surface area contributed by atoms with Gasteiger partial charge in [0.15, 0.2) is 0 Å². The number of thiophene rings is 1. The molecule has 2 aliphatic rings.